The molecule has 0 aromatic heterocycles. The highest BCUT2D eigenvalue weighted by atomic mass is 35.5. The van der Waals surface area contributed by atoms with Crippen LogP contribution in [0.25, 0.3) is 0 Å². The Balaban J connectivity index is 3.35. The molecule has 0 bridgehead atoms. The predicted molar refractivity (Wildman–Crippen MR) is 54.0 cm³/mol. The zero-order chi connectivity index (χ0) is 15.0. The molecule has 19 heavy (non-hydrogen) atoms. The van der Waals surface area contributed by atoms with Gasteiger partial charge in [-0.15, -0.1) is 0 Å². The van der Waals surface area contributed by atoms with E-state index in [0.29, 0.717) is 12.1 Å². The smallest absolute Gasteiger partial charge is 0.324 e. The van der Waals surface area contributed by atoms with E-state index < -0.39 is 46.8 Å². The highest BCUT2D eigenvalue weighted by molar-refractivity contribution is 6.30. The van der Waals surface area contributed by atoms with E-state index >= 15 is 0 Å². The average Bonchev–Trinajstić information content (AvgIpc) is 2.17. The zero-order valence-corrected chi connectivity index (χ0v) is 9.80. The summed E-state index contributed by atoms with van der Waals surface area (Å²) in [5, 5.41) is -0.722. The van der Waals surface area contributed by atoms with Crippen molar-refractivity contribution in [1.29, 1.82) is 0 Å². The van der Waals surface area contributed by atoms with Gasteiger partial charge in [-0.05, 0) is 12.1 Å². The van der Waals surface area contributed by atoms with Gasteiger partial charge < -0.3 is 5.73 Å². The Labute approximate surface area is 108 Å². The summed E-state index contributed by atoms with van der Waals surface area (Å²) in [5.74, 6) is -1.59. The fraction of sp³-hybridized carbons (Fsp3) is 0.400. The molecule has 0 saturated carbocycles. The molecule has 0 unspecified atom stereocenters. The SMILES string of the molecule is N[C@@H](CC(F)(F)F)c1c(C(F)(F)F)ccc(Cl)c1F. The van der Waals surface area contributed by atoms with Crippen molar-refractivity contribution in [2.75, 3.05) is 0 Å². The van der Waals surface area contributed by atoms with E-state index in [1.807, 2.05) is 0 Å². The van der Waals surface area contributed by atoms with E-state index in [1.165, 1.54) is 0 Å². The second-order valence-corrected chi connectivity index (χ2v) is 4.15. The number of hydrogen-bond acceptors (Lipinski definition) is 1. The molecular formula is C10H7ClF7N. The third-order valence-corrected chi connectivity index (χ3v) is 2.55. The summed E-state index contributed by atoms with van der Waals surface area (Å²) in [7, 11) is 0. The lowest BCUT2D eigenvalue weighted by Gasteiger charge is -2.20. The number of hydrogen-bond donors (Lipinski definition) is 1. The number of benzene rings is 1. The Hall–Kier alpha value is -1.02. The molecule has 0 amide bonds. The molecule has 108 valence electrons. The minimum Gasteiger partial charge on any atom is -0.324 e. The number of alkyl halides is 6. The first kappa shape index (κ1) is 16.0. The van der Waals surface area contributed by atoms with Gasteiger partial charge in [-0.3, -0.25) is 0 Å². The molecule has 1 atom stereocenters. The predicted octanol–water partition coefficient (Wildman–Crippen LogP) is 4.45. The molecule has 0 aliphatic rings. The largest absolute Gasteiger partial charge is 0.416 e. The first-order valence-corrected chi connectivity index (χ1v) is 5.18. The first-order valence-electron chi connectivity index (χ1n) is 4.81. The number of nitrogens with two attached hydrogens (primary N) is 1. The van der Waals surface area contributed by atoms with Crippen LogP contribution in [0.5, 0.6) is 0 Å². The number of halogens is 8. The van der Waals surface area contributed by atoms with Gasteiger partial charge in [0.1, 0.15) is 5.82 Å². The third kappa shape index (κ3) is 3.97. The van der Waals surface area contributed by atoms with Crippen molar-refractivity contribution in [1.82, 2.24) is 0 Å². The molecule has 1 aromatic carbocycles. The van der Waals surface area contributed by atoms with Crippen molar-refractivity contribution in [2.45, 2.75) is 24.8 Å². The maximum Gasteiger partial charge on any atom is 0.416 e. The van der Waals surface area contributed by atoms with Crippen LogP contribution < -0.4 is 5.73 Å². The van der Waals surface area contributed by atoms with Gasteiger partial charge >= 0.3 is 12.4 Å². The van der Waals surface area contributed by atoms with Crippen molar-refractivity contribution in [2.24, 2.45) is 5.73 Å². The fourth-order valence-electron chi connectivity index (χ4n) is 1.53. The van der Waals surface area contributed by atoms with E-state index in [1.54, 1.807) is 0 Å². The third-order valence-electron chi connectivity index (χ3n) is 2.26. The molecule has 1 rings (SSSR count). The summed E-state index contributed by atoms with van der Waals surface area (Å²) in [6, 6.07) is -1.17. The summed E-state index contributed by atoms with van der Waals surface area (Å²) in [6.45, 7) is 0. The van der Waals surface area contributed by atoms with Crippen molar-refractivity contribution >= 4 is 11.6 Å². The quantitative estimate of drug-likeness (QED) is 0.803. The van der Waals surface area contributed by atoms with Crippen LogP contribution in [0.2, 0.25) is 5.02 Å². The Morgan fingerprint density at radius 1 is 1.11 bits per heavy atom. The summed E-state index contributed by atoms with van der Waals surface area (Å²) in [4.78, 5) is 0. The molecule has 0 fully saturated rings. The molecule has 0 spiro atoms. The molecule has 0 heterocycles. The Morgan fingerprint density at radius 2 is 1.63 bits per heavy atom. The van der Waals surface area contributed by atoms with Gasteiger partial charge in [0.25, 0.3) is 0 Å². The monoisotopic (exact) mass is 309 g/mol. The van der Waals surface area contributed by atoms with Crippen molar-refractivity contribution < 1.29 is 30.7 Å². The minimum atomic E-state index is -5.02. The highest BCUT2D eigenvalue weighted by Crippen LogP contribution is 2.40. The van der Waals surface area contributed by atoms with Crippen LogP contribution in [-0.2, 0) is 6.18 Å². The maximum absolute atomic E-state index is 13.5. The van der Waals surface area contributed by atoms with Gasteiger partial charge in [-0.25, -0.2) is 4.39 Å². The summed E-state index contributed by atoms with van der Waals surface area (Å²) in [6.07, 6.45) is -11.6. The van der Waals surface area contributed by atoms with E-state index in [4.69, 9.17) is 17.3 Å². The first-order chi connectivity index (χ1) is 8.43. The van der Waals surface area contributed by atoms with Gasteiger partial charge in [-0.1, -0.05) is 11.6 Å². The molecule has 1 nitrogen and oxygen atoms in total. The van der Waals surface area contributed by atoms with Crippen LogP contribution in [0.1, 0.15) is 23.6 Å². The van der Waals surface area contributed by atoms with Crippen LogP contribution in [0, 0.1) is 5.82 Å². The Morgan fingerprint density at radius 3 is 2.05 bits per heavy atom. The average molecular weight is 310 g/mol. The van der Waals surface area contributed by atoms with E-state index in [-0.39, 0.29) is 0 Å². The van der Waals surface area contributed by atoms with Crippen molar-refractivity contribution in [3.63, 3.8) is 0 Å². The lowest BCUT2D eigenvalue weighted by Crippen LogP contribution is -2.24. The topological polar surface area (TPSA) is 26.0 Å². The molecule has 0 aliphatic heterocycles. The normalized spacial score (nSPS) is 14.6. The molecule has 0 saturated heterocycles. The summed E-state index contributed by atoms with van der Waals surface area (Å²) >= 11 is 5.27. The molecule has 9 heteroatoms. The molecule has 1 aromatic rings. The van der Waals surface area contributed by atoms with Gasteiger partial charge in [0.2, 0.25) is 0 Å². The van der Waals surface area contributed by atoms with Gasteiger partial charge in [0.05, 0.1) is 17.0 Å². The lowest BCUT2D eigenvalue weighted by molar-refractivity contribution is -0.145. The summed E-state index contributed by atoms with van der Waals surface area (Å²) < 4.78 is 87.8. The molecular weight excluding hydrogens is 303 g/mol. The Kier molecular flexibility index (Phi) is 4.36. The van der Waals surface area contributed by atoms with Gasteiger partial charge in [-0.2, -0.15) is 26.3 Å². The summed E-state index contributed by atoms with van der Waals surface area (Å²) in [5.41, 5.74) is 2.19. The minimum absolute atomic E-state index is 0.400. The van der Waals surface area contributed by atoms with Crippen LogP contribution in [-0.4, -0.2) is 6.18 Å². The zero-order valence-electron chi connectivity index (χ0n) is 9.04. The maximum atomic E-state index is 13.5. The van der Waals surface area contributed by atoms with Gasteiger partial charge in [0.15, 0.2) is 0 Å². The van der Waals surface area contributed by atoms with E-state index in [9.17, 15) is 30.7 Å². The van der Waals surface area contributed by atoms with Crippen LogP contribution >= 0.6 is 11.6 Å². The van der Waals surface area contributed by atoms with Crippen molar-refractivity contribution in [3.05, 3.63) is 34.1 Å². The van der Waals surface area contributed by atoms with Crippen LogP contribution in [0.15, 0.2) is 12.1 Å². The molecule has 2 N–H and O–H groups in total. The molecule has 0 aliphatic carbocycles. The Bertz CT molecular complexity index is 466. The van der Waals surface area contributed by atoms with E-state index in [0.717, 1.165) is 0 Å². The molecule has 0 radical (unpaired) electrons. The number of rotatable bonds is 2. The standard InChI is InChI=1S/C10H7ClF7N/c11-5-2-1-4(10(16,17)18)7(8(5)12)6(19)3-9(13,14)15/h1-2,6H,3,19H2/t6-/m0/s1. The second-order valence-electron chi connectivity index (χ2n) is 3.75. The second kappa shape index (κ2) is 5.16. The van der Waals surface area contributed by atoms with Crippen molar-refractivity contribution in [3.8, 4) is 0 Å². The fourth-order valence-corrected chi connectivity index (χ4v) is 1.69. The lowest BCUT2D eigenvalue weighted by atomic mass is 9.97. The van der Waals surface area contributed by atoms with Crippen LogP contribution in [0.3, 0.4) is 0 Å². The highest BCUT2D eigenvalue weighted by Gasteiger charge is 2.40. The van der Waals surface area contributed by atoms with Crippen LogP contribution in [0.4, 0.5) is 30.7 Å². The van der Waals surface area contributed by atoms with E-state index in [2.05, 4.69) is 0 Å². The van der Waals surface area contributed by atoms with Gasteiger partial charge in [0, 0.05) is 11.6 Å².